The SMILES string of the molecule is CC(NC(=O)CNC(=O)NC1CCCCC1)c1nnc2ccccn12. The quantitative estimate of drug-likeness (QED) is 0.766. The molecule has 2 aromatic rings. The highest BCUT2D eigenvalue weighted by Crippen LogP contribution is 2.17. The Balaban J connectivity index is 1.46. The first kappa shape index (κ1) is 17.2. The Hall–Kier alpha value is -2.64. The molecule has 1 unspecified atom stereocenters. The van der Waals surface area contributed by atoms with E-state index in [2.05, 4.69) is 26.1 Å². The van der Waals surface area contributed by atoms with Gasteiger partial charge in [-0.3, -0.25) is 9.20 Å². The summed E-state index contributed by atoms with van der Waals surface area (Å²) in [7, 11) is 0. The van der Waals surface area contributed by atoms with E-state index in [-0.39, 0.29) is 30.6 Å². The summed E-state index contributed by atoms with van der Waals surface area (Å²) in [5.41, 5.74) is 0.726. The van der Waals surface area contributed by atoms with E-state index in [0.717, 1.165) is 31.3 Å². The van der Waals surface area contributed by atoms with Crippen molar-refractivity contribution < 1.29 is 9.59 Å². The molecule has 2 aromatic heterocycles. The summed E-state index contributed by atoms with van der Waals surface area (Å²) in [4.78, 5) is 23.9. The number of nitrogens with one attached hydrogen (secondary N) is 3. The molecule has 3 amide bonds. The molecule has 1 saturated carbocycles. The van der Waals surface area contributed by atoms with Crippen molar-refractivity contribution in [3.63, 3.8) is 0 Å². The highest BCUT2D eigenvalue weighted by Gasteiger charge is 2.18. The van der Waals surface area contributed by atoms with E-state index < -0.39 is 0 Å². The average molecular weight is 344 g/mol. The Bertz CT molecular complexity index is 738. The van der Waals surface area contributed by atoms with Crippen molar-refractivity contribution in [2.24, 2.45) is 0 Å². The normalized spacial score (nSPS) is 16.4. The van der Waals surface area contributed by atoms with Gasteiger partial charge in [-0.2, -0.15) is 0 Å². The molecule has 0 aliphatic heterocycles. The predicted octanol–water partition coefficient (Wildman–Crippen LogP) is 1.54. The molecule has 1 aliphatic carbocycles. The second kappa shape index (κ2) is 7.96. The van der Waals surface area contributed by atoms with Gasteiger partial charge in [0.25, 0.3) is 0 Å². The highest BCUT2D eigenvalue weighted by molar-refractivity contribution is 5.84. The average Bonchev–Trinajstić information content (AvgIpc) is 3.05. The number of pyridine rings is 1. The van der Waals surface area contributed by atoms with Crippen LogP contribution in [0.3, 0.4) is 0 Å². The number of hydrogen-bond donors (Lipinski definition) is 3. The summed E-state index contributed by atoms with van der Waals surface area (Å²) in [6.07, 6.45) is 7.40. The molecule has 0 saturated heterocycles. The molecule has 8 heteroatoms. The Morgan fingerprint density at radius 1 is 1.24 bits per heavy atom. The van der Waals surface area contributed by atoms with Crippen molar-refractivity contribution in [1.29, 1.82) is 0 Å². The minimum atomic E-state index is -0.312. The fraction of sp³-hybridized carbons (Fsp3) is 0.529. The Kier molecular flexibility index (Phi) is 5.47. The maximum atomic E-state index is 12.1. The number of carbonyl (C=O) groups is 2. The molecule has 1 aliphatic rings. The van der Waals surface area contributed by atoms with Gasteiger partial charge in [0, 0.05) is 12.2 Å². The molecular weight excluding hydrogens is 320 g/mol. The third kappa shape index (κ3) is 4.46. The van der Waals surface area contributed by atoms with Gasteiger partial charge < -0.3 is 16.0 Å². The van der Waals surface area contributed by atoms with Crippen LogP contribution < -0.4 is 16.0 Å². The van der Waals surface area contributed by atoms with Gasteiger partial charge in [-0.05, 0) is 31.9 Å². The number of amides is 3. The second-order valence-corrected chi connectivity index (χ2v) is 6.44. The first-order chi connectivity index (χ1) is 12.1. The maximum Gasteiger partial charge on any atom is 0.315 e. The number of fused-ring (bicyclic) bond motifs is 1. The van der Waals surface area contributed by atoms with Crippen LogP contribution in [0.1, 0.15) is 50.9 Å². The molecule has 8 nitrogen and oxygen atoms in total. The summed E-state index contributed by atoms with van der Waals surface area (Å²) in [5, 5.41) is 16.6. The monoisotopic (exact) mass is 344 g/mol. The van der Waals surface area contributed by atoms with Crippen molar-refractivity contribution in [3.05, 3.63) is 30.2 Å². The van der Waals surface area contributed by atoms with E-state index in [9.17, 15) is 9.59 Å². The molecule has 0 bridgehead atoms. The topological polar surface area (TPSA) is 100 Å². The van der Waals surface area contributed by atoms with Crippen molar-refractivity contribution in [2.45, 2.75) is 51.1 Å². The minimum absolute atomic E-state index is 0.0698. The fourth-order valence-corrected chi connectivity index (χ4v) is 3.16. The zero-order chi connectivity index (χ0) is 17.6. The van der Waals surface area contributed by atoms with Crippen LogP contribution in [-0.2, 0) is 4.79 Å². The van der Waals surface area contributed by atoms with Crippen LogP contribution in [0.2, 0.25) is 0 Å². The third-order valence-corrected chi connectivity index (χ3v) is 4.45. The lowest BCUT2D eigenvalue weighted by Crippen LogP contribution is -2.46. The van der Waals surface area contributed by atoms with Crippen LogP contribution in [0.25, 0.3) is 5.65 Å². The zero-order valence-corrected chi connectivity index (χ0v) is 14.4. The molecule has 1 fully saturated rings. The largest absolute Gasteiger partial charge is 0.345 e. The Morgan fingerprint density at radius 3 is 2.84 bits per heavy atom. The molecule has 1 atom stereocenters. The molecular formula is C17H24N6O2. The lowest BCUT2D eigenvalue weighted by Gasteiger charge is -2.22. The second-order valence-electron chi connectivity index (χ2n) is 6.44. The van der Waals surface area contributed by atoms with E-state index in [1.807, 2.05) is 35.7 Å². The number of aromatic nitrogens is 3. The number of carbonyl (C=O) groups excluding carboxylic acids is 2. The van der Waals surface area contributed by atoms with E-state index >= 15 is 0 Å². The van der Waals surface area contributed by atoms with Gasteiger partial charge in [-0.1, -0.05) is 25.3 Å². The number of hydrogen-bond acceptors (Lipinski definition) is 4. The molecule has 3 rings (SSSR count). The molecule has 0 spiro atoms. The van der Waals surface area contributed by atoms with Crippen LogP contribution >= 0.6 is 0 Å². The summed E-state index contributed by atoms with van der Waals surface area (Å²) < 4.78 is 1.83. The lowest BCUT2D eigenvalue weighted by atomic mass is 9.96. The summed E-state index contributed by atoms with van der Waals surface area (Å²) in [6, 6.07) is 5.23. The van der Waals surface area contributed by atoms with Crippen molar-refractivity contribution in [3.8, 4) is 0 Å². The van der Waals surface area contributed by atoms with Crippen molar-refractivity contribution in [1.82, 2.24) is 30.5 Å². The van der Waals surface area contributed by atoms with Gasteiger partial charge in [-0.25, -0.2) is 4.79 Å². The van der Waals surface area contributed by atoms with E-state index in [1.54, 1.807) is 0 Å². The Morgan fingerprint density at radius 2 is 2.04 bits per heavy atom. The van der Waals surface area contributed by atoms with Crippen LogP contribution in [-0.4, -0.2) is 39.1 Å². The van der Waals surface area contributed by atoms with E-state index in [0.29, 0.717) is 5.82 Å². The predicted molar refractivity (Wildman–Crippen MR) is 93.0 cm³/mol. The smallest absolute Gasteiger partial charge is 0.315 e. The third-order valence-electron chi connectivity index (χ3n) is 4.45. The van der Waals surface area contributed by atoms with Crippen LogP contribution in [0.4, 0.5) is 4.79 Å². The summed E-state index contributed by atoms with van der Waals surface area (Å²) >= 11 is 0. The molecule has 2 heterocycles. The van der Waals surface area contributed by atoms with Gasteiger partial charge in [0.05, 0.1) is 12.6 Å². The van der Waals surface area contributed by atoms with E-state index in [1.165, 1.54) is 6.42 Å². The van der Waals surface area contributed by atoms with Crippen molar-refractivity contribution in [2.75, 3.05) is 6.54 Å². The standard InChI is InChI=1S/C17H24N6O2/c1-12(16-22-21-14-9-5-6-10-23(14)16)19-15(24)11-18-17(25)20-13-7-3-2-4-8-13/h5-6,9-10,12-13H,2-4,7-8,11H2,1H3,(H,19,24)(H2,18,20,25). The molecule has 0 radical (unpaired) electrons. The first-order valence-corrected chi connectivity index (χ1v) is 8.77. The highest BCUT2D eigenvalue weighted by atomic mass is 16.2. The number of urea groups is 1. The maximum absolute atomic E-state index is 12.1. The minimum Gasteiger partial charge on any atom is -0.345 e. The first-order valence-electron chi connectivity index (χ1n) is 8.77. The van der Waals surface area contributed by atoms with Crippen molar-refractivity contribution >= 4 is 17.6 Å². The molecule has 25 heavy (non-hydrogen) atoms. The fourth-order valence-electron chi connectivity index (χ4n) is 3.16. The molecule has 0 aromatic carbocycles. The van der Waals surface area contributed by atoms with Gasteiger partial charge >= 0.3 is 6.03 Å². The number of nitrogens with zero attached hydrogens (tertiary/aromatic N) is 3. The van der Waals surface area contributed by atoms with Gasteiger partial charge in [0.1, 0.15) is 0 Å². The summed E-state index contributed by atoms with van der Waals surface area (Å²) in [5.74, 6) is 0.384. The zero-order valence-electron chi connectivity index (χ0n) is 14.4. The lowest BCUT2D eigenvalue weighted by molar-refractivity contribution is -0.120. The molecule has 3 N–H and O–H groups in total. The Labute approximate surface area is 146 Å². The summed E-state index contributed by atoms with van der Waals surface area (Å²) in [6.45, 7) is 1.77. The van der Waals surface area contributed by atoms with Crippen LogP contribution in [0.15, 0.2) is 24.4 Å². The van der Waals surface area contributed by atoms with Gasteiger partial charge in [0.15, 0.2) is 11.5 Å². The van der Waals surface area contributed by atoms with Crippen LogP contribution in [0.5, 0.6) is 0 Å². The van der Waals surface area contributed by atoms with Gasteiger partial charge in [-0.15, -0.1) is 10.2 Å². The molecule has 134 valence electrons. The van der Waals surface area contributed by atoms with Gasteiger partial charge in [0.2, 0.25) is 5.91 Å². The number of rotatable bonds is 5. The van der Waals surface area contributed by atoms with E-state index in [4.69, 9.17) is 0 Å². The van der Waals surface area contributed by atoms with Crippen LogP contribution in [0, 0.1) is 0 Å².